The second-order valence-corrected chi connectivity index (χ2v) is 5.43. The Morgan fingerprint density at radius 2 is 1.74 bits per heavy atom. The van der Waals surface area contributed by atoms with Gasteiger partial charge in [-0.15, -0.1) is 0 Å². The van der Waals surface area contributed by atoms with Crippen molar-refractivity contribution >= 4 is 11.0 Å². The fraction of sp³-hybridized carbons (Fsp3) is 0.167. The highest BCUT2D eigenvalue weighted by molar-refractivity contribution is 5.83. The van der Waals surface area contributed by atoms with Crippen molar-refractivity contribution in [2.24, 2.45) is 0 Å². The van der Waals surface area contributed by atoms with Crippen molar-refractivity contribution in [2.45, 2.75) is 13.8 Å². The highest BCUT2D eigenvalue weighted by Crippen LogP contribution is 2.35. The molecule has 0 atom stereocenters. The van der Waals surface area contributed by atoms with Crippen molar-refractivity contribution in [1.82, 2.24) is 0 Å². The molecule has 0 unspecified atom stereocenters. The molecule has 0 aliphatic rings. The maximum Gasteiger partial charge on any atom is 0.235 e. The number of benzene rings is 2. The van der Waals surface area contributed by atoms with Gasteiger partial charge in [-0.1, -0.05) is 0 Å². The molecule has 0 amide bonds. The lowest BCUT2D eigenvalue weighted by Crippen LogP contribution is -2.03. The molecule has 1 heterocycles. The minimum atomic E-state index is -0.500. The van der Waals surface area contributed by atoms with Crippen LogP contribution in [0.4, 0.5) is 0 Å². The van der Waals surface area contributed by atoms with Gasteiger partial charge < -0.3 is 19.4 Å². The first kappa shape index (κ1) is 15.0. The number of fused-ring (bicyclic) bond motifs is 1. The van der Waals surface area contributed by atoms with E-state index in [2.05, 4.69) is 0 Å². The molecule has 1 aromatic heterocycles. The molecule has 118 valence electrons. The Labute approximate surface area is 132 Å². The number of phenols is 1. The molecule has 5 nitrogen and oxygen atoms in total. The van der Waals surface area contributed by atoms with Gasteiger partial charge in [-0.05, 0) is 55.3 Å². The van der Waals surface area contributed by atoms with Crippen LogP contribution >= 0.6 is 0 Å². The van der Waals surface area contributed by atoms with Gasteiger partial charge in [-0.25, -0.2) is 0 Å². The summed E-state index contributed by atoms with van der Waals surface area (Å²) in [6.07, 6.45) is 0. The van der Waals surface area contributed by atoms with Crippen LogP contribution in [-0.2, 0) is 0 Å². The summed E-state index contributed by atoms with van der Waals surface area (Å²) in [5.74, 6) is -0.274. The lowest BCUT2D eigenvalue weighted by atomic mass is 10.0. The molecule has 0 spiro atoms. The normalized spacial score (nSPS) is 10.9. The molecule has 0 radical (unpaired) electrons. The Kier molecular flexibility index (Phi) is 3.48. The quantitative estimate of drug-likeness (QED) is 0.757. The topological polar surface area (TPSA) is 79.9 Å². The van der Waals surface area contributed by atoms with E-state index in [9.17, 15) is 15.0 Å². The van der Waals surface area contributed by atoms with E-state index in [0.717, 1.165) is 11.1 Å². The van der Waals surface area contributed by atoms with Gasteiger partial charge in [-0.3, -0.25) is 4.79 Å². The molecular formula is C18H16O5. The van der Waals surface area contributed by atoms with Gasteiger partial charge in [0.25, 0.3) is 0 Å². The van der Waals surface area contributed by atoms with Crippen LogP contribution in [0.2, 0.25) is 0 Å². The number of aromatic hydroxyl groups is 2. The molecule has 0 fully saturated rings. The van der Waals surface area contributed by atoms with Crippen LogP contribution in [0.3, 0.4) is 0 Å². The third kappa shape index (κ3) is 2.40. The predicted molar refractivity (Wildman–Crippen MR) is 87.3 cm³/mol. The summed E-state index contributed by atoms with van der Waals surface area (Å²) in [6, 6.07) is 7.98. The smallest absolute Gasteiger partial charge is 0.235 e. The van der Waals surface area contributed by atoms with Crippen molar-refractivity contribution in [2.75, 3.05) is 7.11 Å². The zero-order valence-electron chi connectivity index (χ0n) is 13.0. The molecular weight excluding hydrogens is 296 g/mol. The Hall–Kier alpha value is -2.95. The second kappa shape index (κ2) is 5.35. The van der Waals surface area contributed by atoms with Gasteiger partial charge in [0.2, 0.25) is 11.2 Å². The molecule has 5 heteroatoms. The third-order valence-corrected chi connectivity index (χ3v) is 3.92. The van der Waals surface area contributed by atoms with Crippen LogP contribution in [0, 0.1) is 13.8 Å². The van der Waals surface area contributed by atoms with Crippen LogP contribution in [0.5, 0.6) is 17.2 Å². The van der Waals surface area contributed by atoms with E-state index in [4.69, 9.17) is 9.15 Å². The monoisotopic (exact) mass is 312 g/mol. The van der Waals surface area contributed by atoms with E-state index in [-0.39, 0.29) is 11.5 Å². The summed E-state index contributed by atoms with van der Waals surface area (Å²) in [5.41, 5.74) is 2.20. The third-order valence-electron chi connectivity index (χ3n) is 3.92. The Morgan fingerprint density at radius 3 is 2.39 bits per heavy atom. The maximum atomic E-state index is 12.4. The van der Waals surface area contributed by atoms with Crippen molar-refractivity contribution in [3.05, 3.63) is 51.7 Å². The average Bonchev–Trinajstić information content (AvgIpc) is 2.53. The first-order valence-electron chi connectivity index (χ1n) is 7.06. The van der Waals surface area contributed by atoms with Crippen LogP contribution in [0.1, 0.15) is 11.1 Å². The number of ether oxygens (including phenoxy) is 1. The number of methoxy groups -OCH3 is 1. The fourth-order valence-electron chi connectivity index (χ4n) is 2.47. The number of hydrogen-bond acceptors (Lipinski definition) is 5. The zero-order chi connectivity index (χ0) is 16.7. The van der Waals surface area contributed by atoms with Crippen LogP contribution in [-0.4, -0.2) is 17.3 Å². The van der Waals surface area contributed by atoms with E-state index in [1.54, 1.807) is 18.2 Å². The Morgan fingerprint density at radius 1 is 1.04 bits per heavy atom. The summed E-state index contributed by atoms with van der Waals surface area (Å²) in [5, 5.41) is 20.4. The standard InChI is InChI=1S/C18H16O5/c1-9-6-12-15(7-10(9)2)23-18(17(21)16(12)20)11-4-5-14(22-3)13(19)8-11/h4-8,19,21H,1-3H3. The summed E-state index contributed by atoms with van der Waals surface area (Å²) >= 11 is 0. The summed E-state index contributed by atoms with van der Waals surface area (Å²) in [4.78, 5) is 12.4. The second-order valence-electron chi connectivity index (χ2n) is 5.43. The van der Waals surface area contributed by atoms with Crippen LogP contribution < -0.4 is 10.2 Å². The van der Waals surface area contributed by atoms with Gasteiger partial charge >= 0.3 is 0 Å². The number of phenolic OH excluding ortho intramolecular Hbond substituents is 1. The minimum absolute atomic E-state index is 0.0173. The highest BCUT2D eigenvalue weighted by Gasteiger charge is 2.17. The van der Waals surface area contributed by atoms with Crippen molar-refractivity contribution in [1.29, 1.82) is 0 Å². The van der Waals surface area contributed by atoms with Crippen molar-refractivity contribution < 1.29 is 19.4 Å². The van der Waals surface area contributed by atoms with E-state index in [0.29, 0.717) is 22.3 Å². The molecule has 0 aliphatic heterocycles. The van der Waals surface area contributed by atoms with Crippen molar-refractivity contribution in [3.63, 3.8) is 0 Å². The maximum absolute atomic E-state index is 12.4. The first-order valence-corrected chi connectivity index (χ1v) is 7.06. The van der Waals surface area contributed by atoms with Crippen LogP contribution in [0.25, 0.3) is 22.3 Å². The molecule has 3 rings (SSSR count). The molecule has 23 heavy (non-hydrogen) atoms. The number of rotatable bonds is 2. The largest absolute Gasteiger partial charge is 0.504 e. The number of aryl methyl sites for hydroxylation is 2. The molecule has 0 aliphatic carbocycles. The van der Waals surface area contributed by atoms with Gasteiger partial charge in [0.05, 0.1) is 12.5 Å². The first-order chi connectivity index (χ1) is 10.9. The molecule has 2 aromatic carbocycles. The van der Waals surface area contributed by atoms with E-state index >= 15 is 0 Å². The fourth-order valence-corrected chi connectivity index (χ4v) is 2.47. The van der Waals surface area contributed by atoms with E-state index < -0.39 is 11.2 Å². The minimum Gasteiger partial charge on any atom is -0.504 e. The van der Waals surface area contributed by atoms with Gasteiger partial charge in [0.1, 0.15) is 5.58 Å². The van der Waals surface area contributed by atoms with Crippen LogP contribution in [0.15, 0.2) is 39.5 Å². The molecule has 0 saturated heterocycles. The van der Waals surface area contributed by atoms with E-state index in [1.165, 1.54) is 19.2 Å². The summed E-state index contributed by atoms with van der Waals surface area (Å²) < 4.78 is 10.7. The van der Waals surface area contributed by atoms with Gasteiger partial charge in [0, 0.05) is 5.56 Å². The summed E-state index contributed by atoms with van der Waals surface area (Å²) in [7, 11) is 1.44. The van der Waals surface area contributed by atoms with Crippen molar-refractivity contribution in [3.8, 4) is 28.6 Å². The molecule has 0 bridgehead atoms. The predicted octanol–water partition coefficient (Wildman–Crippen LogP) is 3.50. The molecule has 2 N–H and O–H groups in total. The zero-order valence-corrected chi connectivity index (χ0v) is 13.0. The van der Waals surface area contributed by atoms with E-state index in [1.807, 2.05) is 13.8 Å². The lowest BCUT2D eigenvalue weighted by molar-refractivity contribution is 0.373. The molecule has 0 saturated carbocycles. The molecule has 3 aromatic rings. The Bertz CT molecular complexity index is 969. The summed E-state index contributed by atoms with van der Waals surface area (Å²) in [6.45, 7) is 3.81. The van der Waals surface area contributed by atoms with Gasteiger partial charge in [0.15, 0.2) is 17.3 Å². The average molecular weight is 312 g/mol. The Balaban J connectivity index is 2.30. The van der Waals surface area contributed by atoms with Gasteiger partial charge in [-0.2, -0.15) is 0 Å². The number of hydrogen-bond donors (Lipinski definition) is 2. The highest BCUT2D eigenvalue weighted by atomic mass is 16.5. The lowest BCUT2D eigenvalue weighted by Gasteiger charge is -2.09. The SMILES string of the molecule is COc1ccc(-c2oc3cc(C)c(C)cc3c(=O)c2O)cc1O.